The first-order chi connectivity index (χ1) is 9.83. The molecule has 1 aliphatic rings. The number of aryl methyl sites for hydroxylation is 1. The zero-order valence-corrected chi connectivity index (χ0v) is 12.2. The average molecular weight is 265 g/mol. The van der Waals surface area contributed by atoms with Gasteiger partial charge in [0.15, 0.2) is 0 Å². The molecule has 0 bridgehead atoms. The summed E-state index contributed by atoms with van der Waals surface area (Å²) >= 11 is 0. The number of hydrogen-bond donors (Lipinski definition) is 1. The van der Waals surface area contributed by atoms with Gasteiger partial charge in [0.25, 0.3) is 0 Å². The fourth-order valence-electron chi connectivity index (χ4n) is 3.35. The van der Waals surface area contributed by atoms with Crippen molar-refractivity contribution >= 4 is 5.69 Å². The maximum absolute atomic E-state index is 3.77. The van der Waals surface area contributed by atoms with Crippen molar-refractivity contribution in [2.24, 2.45) is 0 Å². The summed E-state index contributed by atoms with van der Waals surface area (Å²) in [5.74, 6) is 0.644. The summed E-state index contributed by atoms with van der Waals surface area (Å²) in [4.78, 5) is 0. The van der Waals surface area contributed by atoms with Crippen LogP contribution in [0.2, 0.25) is 0 Å². The monoisotopic (exact) mass is 265 g/mol. The van der Waals surface area contributed by atoms with Crippen LogP contribution < -0.4 is 5.32 Å². The molecule has 0 aliphatic heterocycles. The zero-order valence-electron chi connectivity index (χ0n) is 12.2. The molecule has 104 valence electrons. The van der Waals surface area contributed by atoms with Crippen LogP contribution in [0.3, 0.4) is 0 Å². The van der Waals surface area contributed by atoms with Crippen LogP contribution in [0.4, 0.5) is 5.69 Å². The minimum Gasteiger partial charge on any atom is -0.382 e. The van der Waals surface area contributed by atoms with E-state index >= 15 is 0 Å². The van der Waals surface area contributed by atoms with Crippen molar-refractivity contribution in [3.05, 3.63) is 65.7 Å². The lowest BCUT2D eigenvalue weighted by atomic mass is 9.80. The highest BCUT2D eigenvalue weighted by atomic mass is 14.9. The van der Waals surface area contributed by atoms with Gasteiger partial charge in [-0.3, -0.25) is 0 Å². The third-order valence-electron chi connectivity index (χ3n) is 4.36. The van der Waals surface area contributed by atoms with Crippen molar-refractivity contribution in [2.75, 3.05) is 5.32 Å². The molecule has 1 heteroatoms. The lowest BCUT2D eigenvalue weighted by Gasteiger charge is -2.33. The Morgan fingerprint density at radius 3 is 2.50 bits per heavy atom. The molecule has 1 N–H and O–H groups in total. The Labute approximate surface area is 122 Å². The van der Waals surface area contributed by atoms with Gasteiger partial charge in [0.05, 0.1) is 0 Å². The van der Waals surface area contributed by atoms with E-state index in [2.05, 4.69) is 66.8 Å². The van der Waals surface area contributed by atoms with Crippen LogP contribution >= 0.6 is 0 Å². The van der Waals surface area contributed by atoms with Gasteiger partial charge in [-0.05, 0) is 43.0 Å². The van der Waals surface area contributed by atoms with Crippen LogP contribution in [0.5, 0.6) is 0 Å². The third-order valence-corrected chi connectivity index (χ3v) is 4.36. The normalized spacial score (nSPS) is 22.4. The molecule has 1 fully saturated rings. The van der Waals surface area contributed by atoms with E-state index in [1.165, 1.54) is 42.5 Å². The van der Waals surface area contributed by atoms with Gasteiger partial charge < -0.3 is 5.32 Å². The Hall–Kier alpha value is -1.76. The van der Waals surface area contributed by atoms with Crippen LogP contribution in [-0.4, -0.2) is 6.04 Å². The summed E-state index contributed by atoms with van der Waals surface area (Å²) in [6.07, 6.45) is 5.26. The molecule has 3 rings (SSSR count). The van der Waals surface area contributed by atoms with Gasteiger partial charge in [0.2, 0.25) is 0 Å². The Morgan fingerprint density at radius 2 is 1.70 bits per heavy atom. The van der Waals surface area contributed by atoms with Gasteiger partial charge in [-0.1, -0.05) is 55.3 Å². The van der Waals surface area contributed by atoms with Gasteiger partial charge in [-0.25, -0.2) is 0 Å². The minimum absolute atomic E-state index is 0.563. The molecule has 0 spiro atoms. The molecule has 20 heavy (non-hydrogen) atoms. The summed E-state index contributed by atoms with van der Waals surface area (Å²) in [6, 6.07) is 20.3. The SMILES string of the molecule is Cc1cccc(NC2CCCCC2c2ccccc2)c1. The second-order valence-corrected chi connectivity index (χ2v) is 5.92. The molecule has 1 nitrogen and oxygen atoms in total. The summed E-state index contributed by atoms with van der Waals surface area (Å²) in [5.41, 5.74) is 4.07. The standard InChI is InChI=1S/C19H23N/c1-15-8-7-11-17(14-15)20-19-13-6-5-12-18(19)16-9-3-2-4-10-16/h2-4,7-11,14,18-20H,5-6,12-13H2,1H3. The predicted molar refractivity (Wildman–Crippen MR) is 86.2 cm³/mol. The van der Waals surface area contributed by atoms with Crippen LogP contribution in [0.1, 0.15) is 42.7 Å². The predicted octanol–water partition coefficient (Wildman–Crippen LogP) is 5.13. The fraction of sp³-hybridized carbons (Fsp3) is 0.368. The van der Waals surface area contributed by atoms with Crippen LogP contribution in [-0.2, 0) is 0 Å². The third kappa shape index (κ3) is 3.04. The summed E-state index contributed by atoms with van der Waals surface area (Å²) in [5, 5.41) is 3.77. The van der Waals surface area contributed by atoms with Gasteiger partial charge in [0, 0.05) is 17.6 Å². The van der Waals surface area contributed by atoms with E-state index < -0.39 is 0 Å². The number of hydrogen-bond acceptors (Lipinski definition) is 1. The second kappa shape index (κ2) is 6.13. The van der Waals surface area contributed by atoms with Gasteiger partial charge >= 0.3 is 0 Å². The number of rotatable bonds is 3. The molecule has 1 saturated carbocycles. The molecular formula is C19H23N. The van der Waals surface area contributed by atoms with Crippen molar-refractivity contribution < 1.29 is 0 Å². The Morgan fingerprint density at radius 1 is 0.900 bits per heavy atom. The second-order valence-electron chi connectivity index (χ2n) is 5.92. The lowest BCUT2D eigenvalue weighted by Crippen LogP contribution is -2.30. The van der Waals surface area contributed by atoms with Crippen LogP contribution in [0, 0.1) is 6.92 Å². The first-order valence-electron chi connectivity index (χ1n) is 7.71. The van der Waals surface area contributed by atoms with Gasteiger partial charge in [-0.2, -0.15) is 0 Å². The Balaban J connectivity index is 1.79. The molecule has 1 aliphatic carbocycles. The fourth-order valence-corrected chi connectivity index (χ4v) is 3.35. The van der Waals surface area contributed by atoms with Crippen molar-refractivity contribution in [3.63, 3.8) is 0 Å². The molecule has 2 atom stereocenters. The minimum atomic E-state index is 0.563. The van der Waals surface area contributed by atoms with E-state index in [0.717, 1.165) is 0 Å². The lowest BCUT2D eigenvalue weighted by molar-refractivity contribution is 0.405. The molecule has 2 aromatic rings. The van der Waals surface area contributed by atoms with E-state index in [1.54, 1.807) is 0 Å². The molecular weight excluding hydrogens is 242 g/mol. The summed E-state index contributed by atoms with van der Waals surface area (Å²) < 4.78 is 0. The Kier molecular flexibility index (Phi) is 4.05. The van der Waals surface area contributed by atoms with Gasteiger partial charge in [-0.15, -0.1) is 0 Å². The first-order valence-corrected chi connectivity index (χ1v) is 7.71. The molecule has 0 amide bonds. The maximum Gasteiger partial charge on any atom is 0.0345 e. The number of benzene rings is 2. The molecule has 0 heterocycles. The summed E-state index contributed by atoms with van der Waals surface area (Å²) in [7, 11) is 0. The average Bonchev–Trinajstić information content (AvgIpc) is 2.49. The molecule has 0 saturated heterocycles. The zero-order chi connectivity index (χ0) is 13.8. The molecule has 0 radical (unpaired) electrons. The van der Waals surface area contributed by atoms with E-state index in [-0.39, 0.29) is 0 Å². The van der Waals surface area contributed by atoms with Crippen LogP contribution in [0.15, 0.2) is 54.6 Å². The highest BCUT2D eigenvalue weighted by Crippen LogP contribution is 2.34. The highest BCUT2D eigenvalue weighted by molar-refractivity contribution is 5.47. The highest BCUT2D eigenvalue weighted by Gasteiger charge is 2.26. The van der Waals surface area contributed by atoms with Crippen molar-refractivity contribution in [2.45, 2.75) is 44.6 Å². The Bertz CT molecular complexity index is 547. The van der Waals surface area contributed by atoms with Crippen LogP contribution in [0.25, 0.3) is 0 Å². The van der Waals surface area contributed by atoms with Gasteiger partial charge in [0.1, 0.15) is 0 Å². The molecule has 0 aromatic heterocycles. The van der Waals surface area contributed by atoms with Crippen molar-refractivity contribution in [3.8, 4) is 0 Å². The van der Waals surface area contributed by atoms with Crippen molar-refractivity contribution in [1.29, 1.82) is 0 Å². The topological polar surface area (TPSA) is 12.0 Å². The smallest absolute Gasteiger partial charge is 0.0345 e. The first kappa shape index (κ1) is 13.2. The van der Waals surface area contributed by atoms with Crippen molar-refractivity contribution in [1.82, 2.24) is 0 Å². The van der Waals surface area contributed by atoms with E-state index in [9.17, 15) is 0 Å². The molecule has 2 unspecified atom stereocenters. The largest absolute Gasteiger partial charge is 0.382 e. The van der Waals surface area contributed by atoms with E-state index in [1.807, 2.05) is 0 Å². The van der Waals surface area contributed by atoms with E-state index in [0.29, 0.717) is 12.0 Å². The summed E-state index contributed by atoms with van der Waals surface area (Å²) in [6.45, 7) is 2.15. The number of nitrogens with one attached hydrogen (secondary N) is 1. The number of anilines is 1. The molecule has 2 aromatic carbocycles. The maximum atomic E-state index is 3.77. The van der Waals surface area contributed by atoms with E-state index in [4.69, 9.17) is 0 Å². The quantitative estimate of drug-likeness (QED) is 0.811.